The van der Waals surface area contributed by atoms with Crippen molar-refractivity contribution in [1.29, 1.82) is 0 Å². The van der Waals surface area contributed by atoms with Crippen LogP contribution in [0.15, 0.2) is 0 Å². The second-order valence-corrected chi connectivity index (χ2v) is 6.90. The minimum atomic E-state index is 0.258. The molecule has 1 aliphatic heterocycles. The molecule has 1 N–H and O–H groups in total. The first-order valence-electron chi connectivity index (χ1n) is 8.22. The predicted molar refractivity (Wildman–Crippen MR) is 80.5 cm³/mol. The van der Waals surface area contributed by atoms with Gasteiger partial charge in [-0.3, -0.25) is 4.90 Å². The first-order valence-corrected chi connectivity index (χ1v) is 8.22. The first kappa shape index (κ1) is 15.3. The van der Waals surface area contributed by atoms with Gasteiger partial charge in [0.15, 0.2) is 0 Å². The third-order valence-corrected chi connectivity index (χ3v) is 4.83. The molecule has 0 aromatic heterocycles. The van der Waals surface area contributed by atoms with Gasteiger partial charge in [-0.1, -0.05) is 25.7 Å². The molecule has 19 heavy (non-hydrogen) atoms. The lowest BCUT2D eigenvalue weighted by Gasteiger charge is -2.41. The van der Waals surface area contributed by atoms with E-state index in [0.717, 1.165) is 38.8 Å². The Labute approximate surface area is 119 Å². The van der Waals surface area contributed by atoms with Crippen molar-refractivity contribution in [3.63, 3.8) is 0 Å². The summed E-state index contributed by atoms with van der Waals surface area (Å²) in [7, 11) is 0. The molecule has 112 valence electrons. The third-order valence-electron chi connectivity index (χ3n) is 4.83. The molecule has 0 radical (unpaired) electrons. The van der Waals surface area contributed by atoms with Crippen molar-refractivity contribution in [3.05, 3.63) is 0 Å². The van der Waals surface area contributed by atoms with Gasteiger partial charge in [0.2, 0.25) is 0 Å². The topological polar surface area (TPSA) is 24.5 Å². The second kappa shape index (κ2) is 7.61. The number of ether oxygens (including phenoxy) is 1. The first-order chi connectivity index (χ1) is 9.18. The fourth-order valence-electron chi connectivity index (χ4n) is 3.43. The maximum Gasteiger partial charge on any atom is 0.0594 e. The van der Waals surface area contributed by atoms with E-state index in [1.165, 1.54) is 45.1 Å². The van der Waals surface area contributed by atoms with Crippen LogP contribution >= 0.6 is 0 Å². The summed E-state index contributed by atoms with van der Waals surface area (Å²) < 4.78 is 5.45. The Hall–Kier alpha value is -0.120. The van der Waals surface area contributed by atoms with Crippen LogP contribution in [0.2, 0.25) is 0 Å². The minimum absolute atomic E-state index is 0.258. The highest BCUT2D eigenvalue weighted by Gasteiger charge is 2.27. The van der Waals surface area contributed by atoms with E-state index in [0.29, 0.717) is 0 Å². The number of nitrogens with one attached hydrogen (secondary N) is 1. The van der Waals surface area contributed by atoms with E-state index in [1.807, 2.05) is 0 Å². The maximum atomic E-state index is 5.45. The summed E-state index contributed by atoms with van der Waals surface area (Å²) >= 11 is 0. The van der Waals surface area contributed by atoms with Crippen molar-refractivity contribution in [2.45, 2.75) is 57.9 Å². The number of hydrogen-bond donors (Lipinski definition) is 1. The zero-order chi connectivity index (χ0) is 13.6. The summed E-state index contributed by atoms with van der Waals surface area (Å²) in [5.41, 5.74) is 0.258. The van der Waals surface area contributed by atoms with E-state index in [2.05, 4.69) is 24.1 Å². The number of nitrogens with zero attached hydrogens (tertiary/aromatic N) is 1. The fourth-order valence-corrected chi connectivity index (χ4v) is 3.43. The SMILES string of the molecule is CC(C)(CNCC1CCCCCC1)N1CCOCC1. The fraction of sp³-hybridized carbons (Fsp3) is 1.00. The van der Waals surface area contributed by atoms with Crippen molar-refractivity contribution < 1.29 is 4.74 Å². The second-order valence-electron chi connectivity index (χ2n) is 6.90. The van der Waals surface area contributed by atoms with Crippen LogP contribution in [0.5, 0.6) is 0 Å². The summed E-state index contributed by atoms with van der Waals surface area (Å²) in [4.78, 5) is 2.57. The van der Waals surface area contributed by atoms with Gasteiger partial charge in [-0.05, 0) is 39.2 Å². The zero-order valence-electron chi connectivity index (χ0n) is 12.9. The van der Waals surface area contributed by atoms with E-state index in [4.69, 9.17) is 4.74 Å². The van der Waals surface area contributed by atoms with Crippen molar-refractivity contribution in [2.75, 3.05) is 39.4 Å². The van der Waals surface area contributed by atoms with Gasteiger partial charge in [-0.25, -0.2) is 0 Å². The minimum Gasteiger partial charge on any atom is -0.379 e. The highest BCUT2D eigenvalue weighted by molar-refractivity contribution is 4.85. The van der Waals surface area contributed by atoms with Crippen molar-refractivity contribution in [3.8, 4) is 0 Å². The van der Waals surface area contributed by atoms with Gasteiger partial charge < -0.3 is 10.1 Å². The highest BCUT2D eigenvalue weighted by Crippen LogP contribution is 2.22. The van der Waals surface area contributed by atoms with Gasteiger partial charge in [-0.15, -0.1) is 0 Å². The van der Waals surface area contributed by atoms with Gasteiger partial charge in [-0.2, -0.15) is 0 Å². The molecule has 0 aromatic rings. The molecule has 2 aliphatic rings. The highest BCUT2D eigenvalue weighted by atomic mass is 16.5. The number of morpholine rings is 1. The largest absolute Gasteiger partial charge is 0.379 e. The maximum absolute atomic E-state index is 5.45. The molecule has 2 fully saturated rings. The average Bonchev–Trinajstić information content (AvgIpc) is 2.68. The molecule has 3 nitrogen and oxygen atoms in total. The van der Waals surface area contributed by atoms with Crippen LogP contribution in [0.1, 0.15) is 52.4 Å². The molecule has 1 saturated carbocycles. The van der Waals surface area contributed by atoms with Crippen LogP contribution in [0.25, 0.3) is 0 Å². The summed E-state index contributed by atoms with van der Waals surface area (Å²) in [6.45, 7) is 11.0. The van der Waals surface area contributed by atoms with E-state index in [9.17, 15) is 0 Å². The lowest BCUT2D eigenvalue weighted by molar-refractivity contribution is -0.00980. The third kappa shape index (κ3) is 5.05. The zero-order valence-corrected chi connectivity index (χ0v) is 12.9. The Bertz CT molecular complexity index is 241. The van der Waals surface area contributed by atoms with Crippen LogP contribution in [0, 0.1) is 5.92 Å². The standard InChI is InChI=1S/C16H32N2O/c1-16(2,18-9-11-19-12-10-18)14-17-13-15-7-5-3-4-6-8-15/h15,17H,3-14H2,1-2H3. The summed E-state index contributed by atoms with van der Waals surface area (Å²) in [6, 6.07) is 0. The lowest BCUT2D eigenvalue weighted by atomic mass is 9.98. The quantitative estimate of drug-likeness (QED) is 0.776. The summed E-state index contributed by atoms with van der Waals surface area (Å²) in [6.07, 6.45) is 8.67. The van der Waals surface area contributed by atoms with Crippen LogP contribution < -0.4 is 5.32 Å². The molecular formula is C16H32N2O. The summed E-state index contributed by atoms with van der Waals surface area (Å²) in [5.74, 6) is 0.919. The predicted octanol–water partition coefficient (Wildman–Crippen LogP) is 2.66. The molecule has 0 bridgehead atoms. The lowest BCUT2D eigenvalue weighted by Crippen LogP contribution is -2.55. The van der Waals surface area contributed by atoms with Crippen LogP contribution in [-0.4, -0.2) is 49.8 Å². The van der Waals surface area contributed by atoms with Crippen LogP contribution in [0.3, 0.4) is 0 Å². The van der Waals surface area contributed by atoms with Crippen LogP contribution in [0.4, 0.5) is 0 Å². The molecule has 1 saturated heterocycles. The Balaban J connectivity index is 1.68. The molecule has 0 amide bonds. The number of hydrogen-bond acceptors (Lipinski definition) is 3. The monoisotopic (exact) mass is 268 g/mol. The Morgan fingerprint density at radius 3 is 2.32 bits per heavy atom. The molecule has 0 aromatic carbocycles. The Morgan fingerprint density at radius 1 is 1.05 bits per heavy atom. The smallest absolute Gasteiger partial charge is 0.0594 e. The Kier molecular flexibility index (Phi) is 6.11. The van der Waals surface area contributed by atoms with Crippen LogP contribution in [-0.2, 0) is 4.74 Å². The molecule has 0 unspecified atom stereocenters. The van der Waals surface area contributed by atoms with E-state index >= 15 is 0 Å². The average molecular weight is 268 g/mol. The summed E-state index contributed by atoms with van der Waals surface area (Å²) in [5, 5.41) is 3.74. The number of rotatable bonds is 5. The van der Waals surface area contributed by atoms with E-state index in [-0.39, 0.29) is 5.54 Å². The van der Waals surface area contributed by atoms with Crippen molar-refractivity contribution in [2.24, 2.45) is 5.92 Å². The van der Waals surface area contributed by atoms with Gasteiger partial charge in [0.1, 0.15) is 0 Å². The van der Waals surface area contributed by atoms with E-state index < -0.39 is 0 Å². The molecule has 1 aliphatic carbocycles. The molecule has 0 atom stereocenters. The van der Waals surface area contributed by atoms with Gasteiger partial charge in [0, 0.05) is 25.2 Å². The molecule has 2 rings (SSSR count). The van der Waals surface area contributed by atoms with Gasteiger partial charge >= 0.3 is 0 Å². The van der Waals surface area contributed by atoms with Crippen molar-refractivity contribution in [1.82, 2.24) is 10.2 Å². The van der Waals surface area contributed by atoms with Crippen molar-refractivity contribution >= 4 is 0 Å². The molecule has 0 spiro atoms. The van der Waals surface area contributed by atoms with Gasteiger partial charge in [0.05, 0.1) is 13.2 Å². The molecular weight excluding hydrogens is 236 g/mol. The normalized spacial score (nSPS) is 24.3. The molecule has 3 heteroatoms. The van der Waals surface area contributed by atoms with E-state index in [1.54, 1.807) is 0 Å². The van der Waals surface area contributed by atoms with Gasteiger partial charge in [0.25, 0.3) is 0 Å². The Morgan fingerprint density at radius 2 is 1.68 bits per heavy atom. The molecule has 1 heterocycles.